The standard InChI is InChI=1S/C23H23F3N6O3S/c1-13-5-4-6-19(32(2)36(3,34)35)16(13)11-27-21-17(23(24,25)26)12-28-22(31-21)29-15-8-7-14-9-20(33)30-18(14)10-15/h4-8,10,12H,9,11H2,1-3H3,(H,30,33)(H2,27,28,29,31). The summed E-state index contributed by atoms with van der Waals surface area (Å²) in [6.07, 6.45) is -2.75. The summed E-state index contributed by atoms with van der Waals surface area (Å²) in [7, 11) is -2.22. The molecule has 9 nitrogen and oxygen atoms in total. The van der Waals surface area contributed by atoms with Gasteiger partial charge in [0.25, 0.3) is 0 Å². The van der Waals surface area contributed by atoms with Gasteiger partial charge in [0, 0.05) is 31.2 Å². The van der Waals surface area contributed by atoms with Crippen LogP contribution in [0.4, 0.5) is 42.0 Å². The van der Waals surface area contributed by atoms with Crippen LogP contribution in [0.25, 0.3) is 0 Å². The Bertz CT molecular complexity index is 1440. The quantitative estimate of drug-likeness (QED) is 0.430. The zero-order valence-corrected chi connectivity index (χ0v) is 20.4. The van der Waals surface area contributed by atoms with Crippen molar-refractivity contribution < 1.29 is 26.4 Å². The van der Waals surface area contributed by atoms with E-state index in [9.17, 15) is 26.4 Å². The van der Waals surface area contributed by atoms with Gasteiger partial charge in [-0.1, -0.05) is 18.2 Å². The molecule has 3 aromatic rings. The summed E-state index contributed by atoms with van der Waals surface area (Å²) in [6, 6.07) is 10.0. The molecule has 2 heterocycles. The number of halogens is 3. The van der Waals surface area contributed by atoms with Gasteiger partial charge in [-0.15, -0.1) is 0 Å². The molecule has 1 aliphatic heterocycles. The van der Waals surface area contributed by atoms with E-state index < -0.39 is 27.6 Å². The molecule has 1 amide bonds. The first-order chi connectivity index (χ1) is 16.8. The lowest BCUT2D eigenvalue weighted by atomic mass is 10.1. The van der Waals surface area contributed by atoms with Gasteiger partial charge in [0.15, 0.2) is 0 Å². The van der Waals surface area contributed by atoms with E-state index in [1.807, 2.05) is 0 Å². The van der Waals surface area contributed by atoms with Gasteiger partial charge in [-0.25, -0.2) is 13.4 Å². The largest absolute Gasteiger partial charge is 0.421 e. The highest BCUT2D eigenvalue weighted by atomic mass is 32.2. The average molecular weight is 521 g/mol. The van der Waals surface area contributed by atoms with Crippen molar-refractivity contribution in [2.45, 2.75) is 26.1 Å². The van der Waals surface area contributed by atoms with Crippen molar-refractivity contribution in [3.05, 3.63) is 64.8 Å². The van der Waals surface area contributed by atoms with Crippen molar-refractivity contribution in [3.63, 3.8) is 0 Å². The third-order valence-corrected chi connectivity index (χ3v) is 6.93. The molecule has 0 saturated carbocycles. The predicted molar refractivity (Wildman–Crippen MR) is 131 cm³/mol. The molecule has 0 saturated heterocycles. The minimum Gasteiger partial charge on any atom is -0.365 e. The van der Waals surface area contributed by atoms with Gasteiger partial charge in [-0.3, -0.25) is 9.10 Å². The Balaban J connectivity index is 1.64. The second-order valence-corrected chi connectivity index (χ2v) is 10.3. The van der Waals surface area contributed by atoms with Crippen molar-refractivity contribution in [2.24, 2.45) is 0 Å². The maximum Gasteiger partial charge on any atom is 0.421 e. The smallest absolute Gasteiger partial charge is 0.365 e. The molecule has 1 aliphatic rings. The Morgan fingerprint density at radius 2 is 1.94 bits per heavy atom. The molecule has 4 rings (SSSR count). The maximum atomic E-state index is 13.7. The van der Waals surface area contributed by atoms with Crippen LogP contribution in [0.1, 0.15) is 22.3 Å². The molecule has 0 spiro atoms. The van der Waals surface area contributed by atoms with Crippen molar-refractivity contribution in [1.29, 1.82) is 0 Å². The number of anilines is 5. The van der Waals surface area contributed by atoms with Gasteiger partial charge >= 0.3 is 6.18 Å². The summed E-state index contributed by atoms with van der Waals surface area (Å²) in [5.74, 6) is -0.699. The fraction of sp³-hybridized carbons (Fsp3) is 0.261. The molecule has 0 fully saturated rings. The lowest BCUT2D eigenvalue weighted by molar-refractivity contribution is -0.137. The normalized spacial score (nSPS) is 13.2. The van der Waals surface area contributed by atoms with E-state index in [2.05, 4.69) is 25.9 Å². The van der Waals surface area contributed by atoms with Crippen molar-refractivity contribution in [2.75, 3.05) is 33.6 Å². The van der Waals surface area contributed by atoms with Crippen LogP contribution in [-0.2, 0) is 34.0 Å². The zero-order valence-electron chi connectivity index (χ0n) is 19.6. The molecule has 2 aromatic carbocycles. The van der Waals surface area contributed by atoms with Crippen LogP contribution in [0.15, 0.2) is 42.6 Å². The van der Waals surface area contributed by atoms with E-state index in [1.165, 1.54) is 7.05 Å². The summed E-state index contributed by atoms with van der Waals surface area (Å²) in [5.41, 5.74) is 2.37. The minimum atomic E-state index is -4.73. The molecular weight excluding hydrogens is 497 g/mol. The number of amides is 1. The van der Waals surface area contributed by atoms with Gasteiger partial charge in [0.2, 0.25) is 21.9 Å². The highest BCUT2D eigenvalue weighted by Gasteiger charge is 2.35. The number of carbonyl (C=O) groups excluding carboxylic acids is 1. The third kappa shape index (κ3) is 5.35. The fourth-order valence-corrected chi connectivity index (χ4v) is 4.30. The first-order valence-corrected chi connectivity index (χ1v) is 12.6. The lowest BCUT2D eigenvalue weighted by Gasteiger charge is -2.22. The summed E-state index contributed by atoms with van der Waals surface area (Å²) in [5, 5.41) is 8.27. The number of rotatable bonds is 7. The highest BCUT2D eigenvalue weighted by Crippen LogP contribution is 2.35. The van der Waals surface area contributed by atoms with E-state index in [1.54, 1.807) is 43.3 Å². The topological polar surface area (TPSA) is 116 Å². The maximum absolute atomic E-state index is 13.7. The zero-order chi connectivity index (χ0) is 26.3. The molecule has 190 valence electrons. The Morgan fingerprint density at radius 3 is 2.64 bits per heavy atom. The molecule has 13 heteroatoms. The monoisotopic (exact) mass is 520 g/mol. The van der Waals surface area contributed by atoms with Crippen molar-refractivity contribution >= 4 is 44.8 Å². The SMILES string of the molecule is Cc1cccc(N(C)S(C)(=O)=O)c1CNc1nc(Nc2ccc3c(c2)NC(=O)C3)ncc1C(F)(F)F. The molecule has 3 N–H and O–H groups in total. The van der Waals surface area contributed by atoms with Crippen LogP contribution in [0.3, 0.4) is 0 Å². The number of benzene rings is 2. The van der Waals surface area contributed by atoms with Crippen LogP contribution in [0, 0.1) is 6.92 Å². The predicted octanol–water partition coefficient (Wildman–Crippen LogP) is 4.05. The Morgan fingerprint density at radius 1 is 1.19 bits per heavy atom. The molecule has 1 aromatic heterocycles. The average Bonchev–Trinajstić information content (AvgIpc) is 3.15. The minimum absolute atomic E-state index is 0.0898. The van der Waals surface area contributed by atoms with Gasteiger partial charge in [-0.2, -0.15) is 18.2 Å². The number of nitrogens with zero attached hydrogens (tertiary/aromatic N) is 3. The number of nitrogens with one attached hydrogen (secondary N) is 3. The van der Waals surface area contributed by atoms with Gasteiger partial charge in [0.1, 0.15) is 11.4 Å². The fourth-order valence-electron chi connectivity index (χ4n) is 3.77. The molecule has 0 unspecified atom stereocenters. The first kappa shape index (κ1) is 25.2. The summed E-state index contributed by atoms with van der Waals surface area (Å²) in [6.45, 7) is 1.62. The second kappa shape index (κ2) is 9.30. The van der Waals surface area contributed by atoms with Crippen LogP contribution < -0.4 is 20.3 Å². The number of hydrogen-bond acceptors (Lipinski definition) is 7. The number of carbonyl (C=O) groups is 1. The molecule has 0 radical (unpaired) electrons. The molecule has 0 bridgehead atoms. The Labute approximate surface area is 205 Å². The Kier molecular flexibility index (Phi) is 6.52. The summed E-state index contributed by atoms with van der Waals surface area (Å²) >= 11 is 0. The molecule has 0 atom stereocenters. The second-order valence-electron chi connectivity index (χ2n) is 8.33. The number of fused-ring (bicyclic) bond motifs is 1. The number of alkyl halides is 3. The summed E-state index contributed by atoms with van der Waals surface area (Å²) in [4.78, 5) is 19.4. The van der Waals surface area contributed by atoms with Crippen molar-refractivity contribution in [3.8, 4) is 0 Å². The van der Waals surface area contributed by atoms with E-state index in [4.69, 9.17) is 0 Å². The van der Waals surface area contributed by atoms with Gasteiger partial charge in [0.05, 0.1) is 18.4 Å². The number of hydrogen-bond donors (Lipinski definition) is 3. The van der Waals surface area contributed by atoms with Crippen LogP contribution in [0.2, 0.25) is 0 Å². The number of sulfonamides is 1. The highest BCUT2D eigenvalue weighted by molar-refractivity contribution is 7.92. The van der Waals surface area contributed by atoms with Crippen LogP contribution in [-0.4, -0.2) is 37.6 Å². The van der Waals surface area contributed by atoms with E-state index >= 15 is 0 Å². The Hall–Kier alpha value is -3.87. The van der Waals surface area contributed by atoms with Gasteiger partial charge in [-0.05, 0) is 41.8 Å². The van der Waals surface area contributed by atoms with E-state index in [-0.39, 0.29) is 24.8 Å². The first-order valence-electron chi connectivity index (χ1n) is 10.7. The van der Waals surface area contributed by atoms with Crippen LogP contribution >= 0.6 is 0 Å². The van der Waals surface area contributed by atoms with Crippen LogP contribution in [0.5, 0.6) is 0 Å². The van der Waals surface area contributed by atoms with E-state index in [0.29, 0.717) is 34.4 Å². The number of aromatic nitrogens is 2. The number of aryl methyl sites for hydroxylation is 1. The molecular formula is C23H23F3N6O3S. The molecule has 0 aliphatic carbocycles. The molecule has 36 heavy (non-hydrogen) atoms. The third-order valence-electron chi connectivity index (χ3n) is 5.74. The van der Waals surface area contributed by atoms with E-state index in [0.717, 1.165) is 16.1 Å². The van der Waals surface area contributed by atoms with Crippen molar-refractivity contribution in [1.82, 2.24) is 9.97 Å². The lowest BCUT2D eigenvalue weighted by Crippen LogP contribution is -2.26. The van der Waals surface area contributed by atoms with Gasteiger partial charge < -0.3 is 16.0 Å². The summed E-state index contributed by atoms with van der Waals surface area (Å²) < 4.78 is 66.3.